The van der Waals surface area contributed by atoms with Gasteiger partial charge >= 0.3 is 0 Å². The van der Waals surface area contributed by atoms with Crippen LogP contribution in [0, 0.1) is 9.49 Å². The molecule has 1 aromatic carbocycles. The Bertz CT molecular complexity index is 694. The molecule has 0 saturated carbocycles. The first-order chi connectivity index (χ1) is 11.2. The number of piperidine rings is 3. The molecule has 1 aromatic heterocycles. The maximum absolute atomic E-state index is 6.33. The van der Waals surface area contributed by atoms with Gasteiger partial charge in [0.2, 0.25) is 0 Å². The van der Waals surface area contributed by atoms with Crippen LogP contribution in [-0.2, 0) is 6.54 Å². The Morgan fingerprint density at radius 2 is 2.04 bits per heavy atom. The smallest absolute Gasteiger partial charge is 0.135 e. The summed E-state index contributed by atoms with van der Waals surface area (Å²) in [5.41, 5.74) is 0.959. The molecule has 0 aliphatic carbocycles. The molecule has 3 fully saturated rings. The van der Waals surface area contributed by atoms with Crippen LogP contribution in [0.2, 0.25) is 5.02 Å². The van der Waals surface area contributed by atoms with Crippen molar-refractivity contribution in [2.24, 2.45) is 5.92 Å². The van der Waals surface area contributed by atoms with E-state index in [9.17, 15) is 0 Å². The second kappa shape index (κ2) is 6.75. The zero-order chi connectivity index (χ0) is 15.8. The van der Waals surface area contributed by atoms with Crippen molar-refractivity contribution in [2.75, 3.05) is 19.6 Å². The Morgan fingerprint density at radius 3 is 2.74 bits per heavy atom. The fourth-order valence-electron chi connectivity index (χ4n) is 3.74. The molecule has 1 atom stereocenters. The van der Waals surface area contributed by atoms with E-state index >= 15 is 0 Å². The van der Waals surface area contributed by atoms with E-state index in [1.165, 1.54) is 32.5 Å². The van der Waals surface area contributed by atoms with Gasteiger partial charge in [0.05, 0.1) is 11.6 Å². The molecular formula is C18H20ClIN2O. The van der Waals surface area contributed by atoms with Crippen LogP contribution >= 0.6 is 34.2 Å². The summed E-state index contributed by atoms with van der Waals surface area (Å²) < 4.78 is 7.13. The van der Waals surface area contributed by atoms with Crippen molar-refractivity contribution in [2.45, 2.75) is 25.4 Å². The summed E-state index contributed by atoms with van der Waals surface area (Å²) >= 11 is 8.59. The predicted molar refractivity (Wildman–Crippen MR) is 102 cm³/mol. The fraction of sp³-hybridized carbons (Fsp3) is 0.444. The fourth-order valence-corrected chi connectivity index (χ4v) is 4.68. The quantitative estimate of drug-likeness (QED) is 0.712. The molecule has 0 spiro atoms. The molecule has 23 heavy (non-hydrogen) atoms. The van der Waals surface area contributed by atoms with Crippen molar-refractivity contribution in [3.63, 3.8) is 0 Å². The van der Waals surface area contributed by atoms with E-state index in [1.54, 1.807) is 0 Å². The summed E-state index contributed by atoms with van der Waals surface area (Å²) in [6.45, 7) is 4.52. The number of furan rings is 1. The number of hydrogen-bond donors (Lipinski definition) is 1. The number of benzene rings is 1. The summed E-state index contributed by atoms with van der Waals surface area (Å²) in [7, 11) is 0. The minimum Gasteiger partial charge on any atom is -0.460 e. The first-order valence-electron chi connectivity index (χ1n) is 8.19. The van der Waals surface area contributed by atoms with Gasteiger partial charge < -0.3 is 14.6 Å². The van der Waals surface area contributed by atoms with Crippen LogP contribution in [0.5, 0.6) is 0 Å². The number of halogens is 2. The molecule has 0 amide bonds. The zero-order valence-corrected chi connectivity index (χ0v) is 15.8. The van der Waals surface area contributed by atoms with Crippen LogP contribution in [-0.4, -0.2) is 30.6 Å². The van der Waals surface area contributed by atoms with Crippen LogP contribution < -0.4 is 5.32 Å². The van der Waals surface area contributed by atoms with Crippen molar-refractivity contribution in [1.82, 2.24) is 10.2 Å². The maximum Gasteiger partial charge on any atom is 0.135 e. The largest absolute Gasteiger partial charge is 0.460 e. The van der Waals surface area contributed by atoms with Crippen molar-refractivity contribution < 1.29 is 4.42 Å². The summed E-state index contributed by atoms with van der Waals surface area (Å²) in [4.78, 5) is 2.57. The van der Waals surface area contributed by atoms with E-state index in [0.29, 0.717) is 6.04 Å². The zero-order valence-electron chi connectivity index (χ0n) is 12.9. The number of nitrogens with zero attached hydrogens (tertiary/aromatic N) is 1. The summed E-state index contributed by atoms with van der Waals surface area (Å²) in [6.07, 6.45) is 2.67. The third-order valence-corrected chi connectivity index (χ3v) is 6.04. The van der Waals surface area contributed by atoms with Crippen LogP contribution in [0.3, 0.4) is 0 Å². The monoisotopic (exact) mass is 442 g/mol. The highest BCUT2D eigenvalue weighted by Crippen LogP contribution is 2.31. The van der Waals surface area contributed by atoms with Crippen LogP contribution in [0.1, 0.15) is 18.6 Å². The Balaban J connectivity index is 1.42. The highest BCUT2D eigenvalue weighted by Gasteiger charge is 2.33. The topological polar surface area (TPSA) is 28.4 Å². The Morgan fingerprint density at radius 1 is 1.22 bits per heavy atom. The minimum atomic E-state index is 0.605. The van der Waals surface area contributed by atoms with Gasteiger partial charge in [0, 0.05) is 21.7 Å². The van der Waals surface area contributed by atoms with E-state index in [0.717, 1.165) is 38.1 Å². The van der Waals surface area contributed by atoms with Crippen LogP contribution in [0.4, 0.5) is 0 Å². The molecule has 3 saturated heterocycles. The molecular weight excluding hydrogens is 423 g/mol. The molecule has 1 unspecified atom stereocenters. The van der Waals surface area contributed by atoms with E-state index in [-0.39, 0.29) is 0 Å². The summed E-state index contributed by atoms with van der Waals surface area (Å²) in [5.74, 6) is 2.66. The van der Waals surface area contributed by atoms with Crippen molar-refractivity contribution in [1.29, 1.82) is 0 Å². The lowest BCUT2D eigenvalue weighted by molar-refractivity contribution is 0.0711. The minimum absolute atomic E-state index is 0.605. The molecule has 5 rings (SSSR count). The second-order valence-corrected chi connectivity index (χ2v) is 8.17. The Hall–Kier alpha value is -0.560. The molecule has 2 bridgehead atoms. The Kier molecular flexibility index (Phi) is 4.67. The van der Waals surface area contributed by atoms with E-state index in [2.05, 4.69) is 44.9 Å². The lowest BCUT2D eigenvalue weighted by atomic mass is 9.84. The molecule has 4 heterocycles. The van der Waals surface area contributed by atoms with E-state index in [4.69, 9.17) is 16.0 Å². The second-order valence-electron chi connectivity index (χ2n) is 6.52. The normalized spacial score (nSPS) is 26.6. The highest BCUT2D eigenvalue weighted by molar-refractivity contribution is 14.1. The molecule has 0 radical (unpaired) electrons. The molecule has 2 aromatic rings. The standard InChI is InChI=1S/C18H20ClIN2O/c19-16-9-13(20)1-3-15(16)18-4-2-14(23-18)10-21-17-11-22-7-5-12(17)6-8-22/h1-4,9,12,17,21H,5-8,10-11H2. The average Bonchev–Trinajstić information content (AvgIpc) is 3.03. The van der Waals surface area contributed by atoms with Gasteiger partial charge in [0.1, 0.15) is 11.5 Å². The van der Waals surface area contributed by atoms with Gasteiger partial charge in [-0.2, -0.15) is 0 Å². The predicted octanol–water partition coefficient (Wildman–Crippen LogP) is 4.39. The number of fused-ring (bicyclic) bond motifs is 3. The van der Waals surface area contributed by atoms with Crippen molar-refractivity contribution >= 4 is 34.2 Å². The van der Waals surface area contributed by atoms with Crippen LogP contribution in [0.15, 0.2) is 34.7 Å². The maximum atomic E-state index is 6.33. The van der Waals surface area contributed by atoms with Gasteiger partial charge in [0.25, 0.3) is 0 Å². The van der Waals surface area contributed by atoms with Gasteiger partial charge in [-0.3, -0.25) is 0 Å². The number of rotatable bonds is 4. The number of hydrogen-bond acceptors (Lipinski definition) is 3. The third kappa shape index (κ3) is 3.45. The number of nitrogens with one attached hydrogen (secondary N) is 1. The van der Waals surface area contributed by atoms with E-state index < -0.39 is 0 Å². The van der Waals surface area contributed by atoms with Crippen molar-refractivity contribution in [3.8, 4) is 11.3 Å². The van der Waals surface area contributed by atoms with Gasteiger partial charge in [-0.05, 0) is 84.8 Å². The SMILES string of the molecule is Clc1cc(I)ccc1-c1ccc(CNC2CN3CCC2CC3)o1. The first kappa shape index (κ1) is 15.9. The van der Waals surface area contributed by atoms with Gasteiger partial charge in [0.15, 0.2) is 0 Å². The molecule has 122 valence electrons. The highest BCUT2D eigenvalue weighted by atomic mass is 127. The summed E-state index contributed by atoms with van der Waals surface area (Å²) in [5, 5.41) is 4.43. The summed E-state index contributed by atoms with van der Waals surface area (Å²) in [6, 6.07) is 10.7. The average molecular weight is 443 g/mol. The molecule has 3 aliphatic heterocycles. The third-order valence-electron chi connectivity index (χ3n) is 5.05. The van der Waals surface area contributed by atoms with Gasteiger partial charge in [-0.25, -0.2) is 0 Å². The Labute approximate surface area is 155 Å². The lowest BCUT2D eigenvalue weighted by Crippen LogP contribution is -2.55. The van der Waals surface area contributed by atoms with Gasteiger partial charge in [-0.15, -0.1) is 0 Å². The van der Waals surface area contributed by atoms with Gasteiger partial charge in [-0.1, -0.05) is 11.6 Å². The lowest BCUT2D eigenvalue weighted by Gasteiger charge is -2.45. The van der Waals surface area contributed by atoms with E-state index in [1.807, 2.05) is 18.2 Å². The molecule has 3 nitrogen and oxygen atoms in total. The molecule has 5 heteroatoms. The first-order valence-corrected chi connectivity index (χ1v) is 9.64. The molecule has 1 N–H and O–H groups in total. The van der Waals surface area contributed by atoms with Crippen molar-refractivity contribution in [3.05, 3.63) is 44.7 Å². The molecule has 3 aliphatic rings. The van der Waals surface area contributed by atoms with Crippen LogP contribution in [0.25, 0.3) is 11.3 Å².